The van der Waals surface area contributed by atoms with Crippen molar-refractivity contribution < 1.29 is 19.4 Å². The number of aryl methyl sites for hydroxylation is 1. The van der Waals surface area contributed by atoms with E-state index in [0.29, 0.717) is 22.4 Å². The third kappa shape index (κ3) is 6.53. The summed E-state index contributed by atoms with van der Waals surface area (Å²) in [6.45, 7) is 2.40. The number of hydrogen-bond donors (Lipinski definition) is 2. The molecule has 0 aliphatic carbocycles. The highest BCUT2D eigenvalue weighted by molar-refractivity contribution is 14.1. The molecule has 3 aromatic rings. The molecule has 0 unspecified atom stereocenters. The van der Waals surface area contributed by atoms with Crippen LogP contribution in [0.25, 0.3) is 6.08 Å². The highest BCUT2D eigenvalue weighted by atomic mass is 127. The Hall–Kier alpha value is -2.63. The van der Waals surface area contributed by atoms with Gasteiger partial charge < -0.3 is 15.2 Å². The van der Waals surface area contributed by atoms with Gasteiger partial charge in [0.05, 0.1) is 24.2 Å². The summed E-state index contributed by atoms with van der Waals surface area (Å²) in [5, 5.41) is 12.4. The second kappa shape index (κ2) is 11.4. The Labute approximate surface area is 229 Å². The Balaban J connectivity index is 1.46. The van der Waals surface area contributed by atoms with Gasteiger partial charge in [-0.05, 0) is 116 Å². The Morgan fingerprint density at radius 1 is 1.14 bits per heavy atom. The maximum absolute atomic E-state index is 12.5. The van der Waals surface area contributed by atoms with Crippen molar-refractivity contribution in [3.05, 3.63) is 95.9 Å². The van der Waals surface area contributed by atoms with Crippen LogP contribution in [0.15, 0.2) is 75.0 Å². The Kier molecular flexibility index (Phi) is 8.30. The number of aromatic carboxylic acids is 1. The molecule has 0 aromatic heterocycles. The van der Waals surface area contributed by atoms with Crippen molar-refractivity contribution in [2.75, 3.05) is 0 Å². The van der Waals surface area contributed by atoms with Crippen LogP contribution < -0.4 is 10.1 Å². The monoisotopic (exact) mass is 662 g/mol. The molecular weight excluding hydrogens is 643 g/mol. The van der Waals surface area contributed by atoms with Crippen LogP contribution >= 0.6 is 50.3 Å². The molecule has 0 radical (unpaired) electrons. The molecule has 1 saturated heterocycles. The number of nitrogens with one attached hydrogen (secondary N) is 1. The fourth-order valence-corrected chi connectivity index (χ4v) is 5.87. The van der Waals surface area contributed by atoms with Crippen molar-refractivity contribution >= 4 is 79.1 Å². The second-order valence-corrected chi connectivity index (χ2v) is 10.7. The first kappa shape index (κ1) is 25.5. The molecule has 35 heavy (non-hydrogen) atoms. The predicted molar refractivity (Wildman–Crippen MR) is 151 cm³/mol. The smallest absolute Gasteiger partial charge is 0.335 e. The Morgan fingerprint density at radius 3 is 2.46 bits per heavy atom. The fraction of sp³-hybridized carbons (Fsp3) is 0.115. The van der Waals surface area contributed by atoms with Crippen LogP contribution in [0.2, 0.25) is 0 Å². The van der Waals surface area contributed by atoms with E-state index in [1.165, 1.54) is 17.3 Å². The van der Waals surface area contributed by atoms with Crippen LogP contribution in [0, 0.1) is 3.57 Å². The third-order valence-electron chi connectivity index (χ3n) is 5.13. The van der Waals surface area contributed by atoms with Crippen molar-refractivity contribution in [2.24, 2.45) is 4.99 Å². The number of ether oxygens (including phenoxy) is 1. The van der Waals surface area contributed by atoms with Gasteiger partial charge in [-0.2, -0.15) is 0 Å². The normalized spacial score (nSPS) is 15.5. The summed E-state index contributed by atoms with van der Waals surface area (Å²) in [4.78, 5) is 28.6. The van der Waals surface area contributed by atoms with E-state index in [0.717, 1.165) is 31.3 Å². The zero-order valence-corrected chi connectivity index (χ0v) is 23.1. The Morgan fingerprint density at radius 2 is 1.83 bits per heavy atom. The summed E-state index contributed by atoms with van der Waals surface area (Å²) in [5.41, 5.74) is 3.98. The molecule has 1 aliphatic rings. The number of aliphatic imine (C=N–C) groups is 1. The van der Waals surface area contributed by atoms with E-state index in [1.54, 1.807) is 24.3 Å². The number of thioether (sulfide) groups is 1. The number of carbonyl (C=O) groups excluding carboxylic acids is 1. The number of amidine groups is 1. The van der Waals surface area contributed by atoms with Gasteiger partial charge in [0.25, 0.3) is 5.91 Å². The van der Waals surface area contributed by atoms with Gasteiger partial charge in [-0.1, -0.05) is 31.2 Å². The van der Waals surface area contributed by atoms with E-state index in [-0.39, 0.29) is 11.5 Å². The molecule has 9 heteroatoms. The van der Waals surface area contributed by atoms with E-state index in [9.17, 15) is 9.59 Å². The first-order valence-corrected chi connectivity index (χ1v) is 13.3. The maximum atomic E-state index is 12.5. The van der Waals surface area contributed by atoms with Crippen LogP contribution in [-0.2, 0) is 17.8 Å². The molecule has 0 saturated carbocycles. The van der Waals surface area contributed by atoms with Crippen LogP contribution in [0.3, 0.4) is 0 Å². The molecular formula is C26H20BrIN2O4S. The van der Waals surface area contributed by atoms with Crippen LogP contribution in [-0.4, -0.2) is 22.2 Å². The van der Waals surface area contributed by atoms with Crippen molar-refractivity contribution in [1.82, 2.24) is 5.32 Å². The molecule has 0 bridgehead atoms. The quantitative estimate of drug-likeness (QED) is 0.215. The van der Waals surface area contributed by atoms with E-state index in [4.69, 9.17) is 9.84 Å². The fourth-order valence-electron chi connectivity index (χ4n) is 3.26. The van der Waals surface area contributed by atoms with E-state index in [2.05, 4.69) is 55.8 Å². The van der Waals surface area contributed by atoms with Crippen LogP contribution in [0.5, 0.6) is 5.75 Å². The summed E-state index contributed by atoms with van der Waals surface area (Å²) >= 11 is 7.06. The van der Waals surface area contributed by atoms with Gasteiger partial charge in [0.2, 0.25) is 0 Å². The molecule has 3 aromatic carbocycles. The predicted octanol–water partition coefficient (Wildman–Crippen LogP) is 6.78. The first-order valence-electron chi connectivity index (χ1n) is 10.6. The van der Waals surface area contributed by atoms with Crippen molar-refractivity contribution in [1.29, 1.82) is 0 Å². The molecule has 178 valence electrons. The lowest BCUT2D eigenvalue weighted by Crippen LogP contribution is -2.19. The molecule has 2 N–H and O–H groups in total. The number of rotatable bonds is 7. The van der Waals surface area contributed by atoms with Gasteiger partial charge in [0.15, 0.2) is 5.17 Å². The summed E-state index contributed by atoms with van der Waals surface area (Å²) in [6, 6.07) is 18.4. The lowest BCUT2D eigenvalue weighted by atomic mass is 10.1. The number of carboxylic acids is 1. The number of nitrogens with zero attached hydrogens (tertiary/aromatic N) is 1. The summed E-state index contributed by atoms with van der Waals surface area (Å²) in [5.74, 6) is -0.468. The molecule has 1 fully saturated rings. The molecule has 4 rings (SSSR count). The summed E-state index contributed by atoms with van der Waals surface area (Å²) in [6.07, 6.45) is 2.79. The third-order valence-corrected chi connectivity index (χ3v) is 7.43. The molecule has 0 spiro atoms. The van der Waals surface area contributed by atoms with Crippen molar-refractivity contribution in [3.63, 3.8) is 0 Å². The van der Waals surface area contributed by atoms with E-state index >= 15 is 0 Å². The lowest BCUT2D eigenvalue weighted by molar-refractivity contribution is -0.115. The van der Waals surface area contributed by atoms with Gasteiger partial charge in [-0.25, -0.2) is 9.79 Å². The minimum atomic E-state index is -0.961. The SMILES string of the molecule is CCc1ccc(N=C2NC(=O)/C(=C/c3cc(Br)c(OCc4ccc(C(=O)O)cc4)c(I)c3)S2)cc1. The van der Waals surface area contributed by atoms with Gasteiger partial charge in [0, 0.05) is 0 Å². The largest absolute Gasteiger partial charge is 0.487 e. The van der Waals surface area contributed by atoms with Crippen molar-refractivity contribution in [2.45, 2.75) is 20.0 Å². The standard InChI is InChI=1S/C26H20BrIN2O4S/c1-2-15-5-9-19(10-6-15)29-26-30-24(31)22(35-26)13-17-11-20(27)23(21(28)12-17)34-14-16-3-7-18(8-4-16)25(32)33/h3-13H,2,14H2,1H3,(H,32,33)(H,29,30,31)/b22-13-. The number of benzene rings is 3. The maximum Gasteiger partial charge on any atom is 0.335 e. The molecule has 1 aliphatic heterocycles. The van der Waals surface area contributed by atoms with E-state index in [1.807, 2.05) is 42.5 Å². The second-order valence-electron chi connectivity index (χ2n) is 7.61. The van der Waals surface area contributed by atoms with Gasteiger partial charge >= 0.3 is 5.97 Å². The first-order chi connectivity index (χ1) is 16.8. The Bertz CT molecular complexity index is 1320. The topological polar surface area (TPSA) is 88.0 Å². The van der Waals surface area contributed by atoms with Crippen LogP contribution in [0.4, 0.5) is 5.69 Å². The molecule has 6 nitrogen and oxygen atoms in total. The van der Waals surface area contributed by atoms with Gasteiger partial charge in [0.1, 0.15) is 12.4 Å². The van der Waals surface area contributed by atoms with Crippen molar-refractivity contribution in [3.8, 4) is 5.75 Å². The number of amides is 1. The average Bonchev–Trinajstić information content (AvgIpc) is 3.17. The minimum Gasteiger partial charge on any atom is -0.487 e. The van der Waals surface area contributed by atoms with Crippen LogP contribution in [0.1, 0.15) is 34.0 Å². The average molecular weight is 663 g/mol. The van der Waals surface area contributed by atoms with Gasteiger partial charge in [-0.3, -0.25) is 4.79 Å². The number of carbonyl (C=O) groups is 2. The van der Waals surface area contributed by atoms with E-state index < -0.39 is 5.97 Å². The number of halogens is 2. The summed E-state index contributed by atoms with van der Waals surface area (Å²) in [7, 11) is 0. The number of carboxylic acid groups (broad SMARTS) is 1. The summed E-state index contributed by atoms with van der Waals surface area (Å²) < 4.78 is 7.60. The highest BCUT2D eigenvalue weighted by Crippen LogP contribution is 2.35. The van der Waals surface area contributed by atoms with Gasteiger partial charge in [-0.15, -0.1) is 0 Å². The minimum absolute atomic E-state index is 0.185. The molecule has 0 atom stereocenters. The zero-order chi connectivity index (χ0) is 24.9. The lowest BCUT2D eigenvalue weighted by Gasteiger charge is -2.12. The molecule has 1 amide bonds. The molecule has 1 heterocycles. The highest BCUT2D eigenvalue weighted by Gasteiger charge is 2.24. The zero-order valence-electron chi connectivity index (χ0n) is 18.5. The number of hydrogen-bond acceptors (Lipinski definition) is 5.